The Bertz CT molecular complexity index is 534. The van der Waals surface area contributed by atoms with E-state index in [4.69, 9.17) is 9.47 Å². The van der Waals surface area contributed by atoms with Crippen molar-refractivity contribution in [3.63, 3.8) is 0 Å². The summed E-state index contributed by atoms with van der Waals surface area (Å²) in [7, 11) is 1.38. The van der Waals surface area contributed by atoms with Crippen LogP contribution in [0.3, 0.4) is 0 Å². The summed E-state index contributed by atoms with van der Waals surface area (Å²) in [5, 5.41) is 10.7. The second-order valence-corrected chi connectivity index (χ2v) is 3.40. The minimum Gasteiger partial charge on any atom is -0.493 e. The zero-order chi connectivity index (χ0) is 14.3. The zero-order valence-corrected chi connectivity index (χ0v) is 10.5. The molecule has 100 valence electrons. The molecule has 0 amide bonds. The Morgan fingerprint density at radius 2 is 2.05 bits per heavy atom. The fraction of sp³-hybridized carbons (Fsp3) is 0.154. The van der Waals surface area contributed by atoms with Crippen molar-refractivity contribution >= 4 is 11.7 Å². The highest BCUT2D eigenvalue weighted by atomic mass is 16.6. The van der Waals surface area contributed by atoms with Gasteiger partial charge in [0, 0.05) is 12.1 Å². The molecule has 0 bridgehead atoms. The number of hydrogen-bond acceptors (Lipinski definition) is 5. The molecule has 0 aliphatic heterocycles. The number of methoxy groups -OCH3 is 1. The van der Waals surface area contributed by atoms with Crippen LogP contribution in [0.5, 0.6) is 11.5 Å². The summed E-state index contributed by atoms with van der Waals surface area (Å²) >= 11 is 0. The van der Waals surface area contributed by atoms with E-state index in [-0.39, 0.29) is 17.2 Å². The molecular formula is C13H13NO5. The maximum absolute atomic E-state index is 11.5. The third kappa shape index (κ3) is 4.27. The molecule has 0 radical (unpaired) electrons. The van der Waals surface area contributed by atoms with Crippen molar-refractivity contribution in [3.8, 4) is 11.5 Å². The Balaban J connectivity index is 2.94. The molecule has 0 aliphatic rings. The first-order chi connectivity index (χ1) is 9.08. The van der Waals surface area contributed by atoms with E-state index in [1.807, 2.05) is 0 Å². The van der Waals surface area contributed by atoms with Gasteiger partial charge in [-0.15, -0.1) is 0 Å². The number of rotatable bonds is 5. The van der Waals surface area contributed by atoms with E-state index in [1.165, 1.54) is 31.4 Å². The highest BCUT2D eigenvalue weighted by Gasteiger charge is 2.14. The number of esters is 1. The average Bonchev–Trinajstić information content (AvgIpc) is 2.38. The topological polar surface area (TPSA) is 78.7 Å². The van der Waals surface area contributed by atoms with Crippen LogP contribution in [-0.2, 0) is 4.79 Å². The van der Waals surface area contributed by atoms with Gasteiger partial charge in [-0.1, -0.05) is 18.2 Å². The quantitative estimate of drug-likeness (QED) is 0.204. The van der Waals surface area contributed by atoms with Crippen LogP contribution in [0.25, 0.3) is 0 Å². The first-order valence-electron chi connectivity index (χ1n) is 5.42. The van der Waals surface area contributed by atoms with E-state index in [2.05, 4.69) is 0 Å². The fourth-order valence-corrected chi connectivity index (χ4v) is 1.25. The summed E-state index contributed by atoms with van der Waals surface area (Å²) in [5.74, 6) is -0.387. The summed E-state index contributed by atoms with van der Waals surface area (Å²) in [6.07, 6.45) is 6.12. The summed E-state index contributed by atoms with van der Waals surface area (Å²) in [6, 6.07) is 3.78. The number of carbonyl (C=O) groups excluding carboxylic acids is 1. The predicted molar refractivity (Wildman–Crippen MR) is 69.2 cm³/mol. The molecule has 0 unspecified atom stereocenters. The smallest absolute Gasteiger partial charge is 0.336 e. The van der Waals surface area contributed by atoms with E-state index < -0.39 is 10.9 Å². The Kier molecular flexibility index (Phi) is 5.28. The molecule has 0 saturated carbocycles. The van der Waals surface area contributed by atoms with Gasteiger partial charge in [-0.05, 0) is 13.0 Å². The molecule has 1 aromatic carbocycles. The van der Waals surface area contributed by atoms with Crippen LogP contribution in [0.4, 0.5) is 5.69 Å². The van der Waals surface area contributed by atoms with Crippen molar-refractivity contribution in [2.24, 2.45) is 0 Å². The molecule has 6 heteroatoms. The summed E-state index contributed by atoms with van der Waals surface area (Å²) in [5.41, 5.74) is -0.180. The van der Waals surface area contributed by atoms with Crippen LogP contribution in [0, 0.1) is 10.1 Å². The van der Waals surface area contributed by atoms with E-state index in [1.54, 1.807) is 19.1 Å². The van der Waals surface area contributed by atoms with E-state index in [0.717, 1.165) is 6.07 Å². The van der Waals surface area contributed by atoms with Gasteiger partial charge in [-0.3, -0.25) is 10.1 Å². The zero-order valence-electron chi connectivity index (χ0n) is 10.5. The largest absolute Gasteiger partial charge is 0.493 e. The molecule has 1 rings (SSSR count). The van der Waals surface area contributed by atoms with Gasteiger partial charge >= 0.3 is 5.97 Å². The number of hydrogen-bond donors (Lipinski definition) is 0. The van der Waals surface area contributed by atoms with Gasteiger partial charge in [-0.2, -0.15) is 0 Å². The Morgan fingerprint density at radius 3 is 2.63 bits per heavy atom. The Morgan fingerprint density at radius 1 is 1.32 bits per heavy atom. The molecular weight excluding hydrogens is 250 g/mol. The van der Waals surface area contributed by atoms with Gasteiger partial charge in [-0.25, -0.2) is 4.79 Å². The van der Waals surface area contributed by atoms with Crippen LogP contribution in [0.15, 0.2) is 42.5 Å². The van der Waals surface area contributed by atoms with Crippen molar-refractivity contribution in [3.05, 3.63) is 52.6 Å². The highest BCUT2D eigenvalue weighted by molar-refractivity contribution is 5.85. The molecule has 0 aliphatic carbocycles. The number of nitrogens with zero attached hydrogens (tertiary/aromatic N) is 1. The first-order valence-corrected chi connectivity index (χ1v) is 5.42. The number of ether oxygens (including phenoxy) is 2. The van der Waals surface area contributed by atoms with Gasteiger partial charge in [0.1, 0.15) is 0 Å². The van der Waals surface area contributed by atoms with Crippen LogP contribution in [0.1, 0.15) is 6.92 Å². The molecule has 0 spiro atoms. The lowest BCUT2D eigenvalue weighted by atomic mass is 10.3. The second kappa shape index (κ2) is 6.95. The van der Waals surface area contributed by atoms with Crippen LogP contribution in [-0.4, -0.2) is 18.0 Å². The molecule has 1 aromatic rings. The molecule has 6 nitrogen and oxygen atoms in total. The predicted octanol–water partition coefficient (Wildman–Crippen LogP) is 2.64. The molecule has 0 aromatic heterocycles. The van der Waals surface area contributed by atoms with Gasteiger partial charge in [0.25, 0.3) is 5.69 Å². The standard InChI is InChI=1S/C13H13NO5/c1-3-4-5-6-13(15)19-12-9-10(14(16)17)7-8-11(12)18-2/h3-9H,1-2H3. The van der Waals surface area contributed by atoms with Crippen molar-refractivity contribution < 1.29 is 19.2 Å². The maximum Gasteiger partial charge on any atom is 0.336 e. The normalized spacial score (nSPS) is 10.8. The monoisotopic (exact) mass is 263 g/mol. The minimum atomic E-state index is -0.642. The van der Waals surface area contributed by atoms with Gasteiger partial charge in [0.05, 0.1) is 18.1 Å². The molecule has 0 N–H and O–H groups in total. The highest BCUT2D eigenvalue weighted by Crippen LogP contribution is 2.31. The van der Waals surface area contributed by atoms with Crippen LogP contribution in [0.2, 0.25) is 0 Å². The number of benzene rings is 1. The van der Waals surface area contributed by atoms with Crippen molar-refractivity contribution in [1.82, 2.24) is 0 Å². The molecule has 19 heavy (non-hydrogen) atoms. The molecule has 0 heterocycles. The Labute approximate surface area is 110 Å². The van der Waals surface area contributed by atoms with Crippen LogP contribution < -0.4 is 9.47 Å². The number of nitro benzene ring substituents is 1. The lowest BCUT2D eigenvalue weighted by molar-refractivity contribution is -0.384. The molecule has 0 atom stereocenters. The SMILES string of the molecule is CC=CC=CC(=O)Oc1cc([N+](=O)[O-])ccc1OC. The third-order valence-corrected chi connectivity index (χ3v) is 2.10. The minimum absolute atomic E-state index is 0.00632. The summed E-state index contributed by atoms with van der Waals surface area (Å²) < 4.78 is 9.95. The lowest BCUT2D eigenvalue weighted by Gasteiger charge is -2.07. The van der Waals surface area contributed by atoms with Gasteiger partial charge in [0.15, 0.2) is 11.5 Å². The van der Waals surface area contributed by atoms with Crippen molar-refractivity contribution in [1.29, 1.82) is 0 Å². The number of allylic oxidation sites excluding steroid dienone is 3. The van der Waals surface area contributed by atoms with Crippen LogP contribution >= 0.6 is 0 Å². The second-order valence-electron chi connectivity index (χ2n) is 3.40. The van der Waals surface area contributed by atoms with E-state index >= 15 is 0 Å². The molecule has 0 fully saturated rings. The summed E-state index contributed by atoms with van der Waals surface area (Å²) in [4.78, 5) is 21.5. The van der Waals surface area contributed by atoms with Gasteiger partial charge < -0.3 is 9.47 Å². The third-order valence-electron chi connectivity index (χ3n) is 2.10. The van der Waals surface area contributed by atoms with E-state index in [9.17, 15) is 14.9 Å². The number of nitro groups is 1. The van der Waals surface area contributed by atoms with Crippen molar-refractivity contribution in [2.75, 3.05) is 7.11 Å². The lowest BCUT2D eigenvalue weighted by Crippen LogP contribution is -2.05. The van der Waals surface area contributed by atoms with Gasteiger partial charge in [0.2, 0.25) is 0 Å². The fourth-order valence-electron chi connectivity index (χ4n) is 1.25. The number of non-ortho nitro benzene ring substituents is 1. The summed E-state index contributed by atoms with van der Waals surface area (Å²) in [6.45, 7) is 1.80. The Hall–Kier alpha value is -2.63. The average molecular weight is 263 g/mol. The maximum atomic E-state index is 11.5. The molecule has 0 saturated heterocycles. The first kappa shape index (κ1) is 14.4. The number of carbonyl (C=O) groups is 1. The van der Waals surface area contributed by atoms with E-state index in [0.29, 0.717) is 0 Å². The van der Waals surface area contributed by atoms with Crippen molar-refractivity contribution in [2.45, 2.75) is 6.92 Å².